The Morgan fingerprint density at radius 2 is 1.46 bits per heavy atom. The Labute approximate surface area is 223 Å². The van der Waals surface area contributed by atoms with Crippen molar-refractivity contribution in [2.75, 3.05) is 20.1 Å². The van der Waals surface area contributed by atoms with Crippen LogP contribution in [0.25, 0.3) is 0 Å². The Kier molecular flexibility index (Phi) is 14.0. The van der Waals surface area contributed by atoms with Crippen molar-refractivity contribution in [3.8, 4) is 0 Å². The average Bonchev–Trinajstić information content (AvgIpc) is 3.32. The van der Waals surface area contributed by atoms with Crippen LogP contribution < -0.4 is 21.3 Å². The molecule has 0 aromatic heterocycles. The van der Waals surface area contributed by atoms with Crippen molar-refractivity contribution in [2.24, 2.45) is 5.41 Å². The highest BCUT2D eigenvalue weighted by Crippen LogP contribution is 2.30. The molecular formula is C26H52N6O5. The van der Waals surface area contributed by atoms with Gasteiger partial charge in [0.15, 0.2) is 0 Å². The van der Waals surface area contributed by atoms with Gasteiger partial charge in [0, 0.05) is 30.7 Å². The number of hydrogen-bond donors (Lipinski definition) is 5. The summed E-state index contributed by atoms with van der Waals surface area (Å²) >= 11 is 0. The summed E-state index contributed by atoms with van der Waals surface area (Å²) in [5.74, 6) is 0.0601. The van der Waals surface area contributed by atoms with Gasteiger partial charge in [0.05, 0.1) is 18.1 Å². The molecule has 0 aliphatic carbocycles. The van der Waals surface area contributed by atoms with E-state index in [-0.39, 0.29) is 53.1 Å². The van der Waals surface area contributed by atoms with Gasteiger partial charge in [-0.15, -0.1) is 0 Å². The third-order valence-corrected chi connectivity index (χ3v) is 6.39. The van der Waals surface area contributed by atoms with Gasteiger partial charge in [-0.25, -0.2) is 9.59 Å². The van der Waals surface area contributed by atoms with E-state index in [1.54, 1.807) is 27.8 Å². The quantitative estimate of drug-likeness (QED) is 0.347. The number of rotatable bonds is 5. The second-order valence-electron chi connectivity index (χ2n) is 12.1. The van der Waals surface area contributed by atoms with Crippen LogP contribution in [0.3, 0.4) is 0 Å². The van der Waals surface area contributed by atoms with Gasteiger partial charge in [0.25, 0.3) is 0 Å². The number of hydrogen-bond acceptors (Lipinski definition) is 5. The van der Waals surface area contributed by atoms with Crippen molar-refractivity contribution in [3.63, 3.8) is 0 Å². The molecule has 11 heteroatoms. The zero-order valence-corrected chi connectivity index (χ0v) is 24.8. The van der Waals surface area contributed by atoms with Crippen LogP contribution in [0.15, 0.2) is 0 Å². The molecule has 0 saturated carbocycles. The number of carbonyl (C=O) groups excluding carboxylic acids is 3. The molecule has 2 saturated heterocycles. The van der Waals surface area contributed by atoms with Crippen LogP contribution in [-0.4, -0.2) is 95.2 Å². The minimum Gasteiger partial charge on any atom is -0.465 e. The van der Waals surface area contributed by atoms with Crippen LogP contribution in [0.4, 0.5) is 9.59 Å². The molecule has 5 amide bonds. The summed E-state index contributed by atoms with van der Waals surface area (Å²) < 4.78 is 0. The largest absolute Gasteiger partial charge is 0.465 e. The Bertz CT molecular complexity index is 747. The molecule has 2 aliphatic heterocycles. The van der Waals surface area contributed by atoms with E-state index in [1.807, 2.05) is 37.5 Å². The van der Waals surface area contributed by atoms with E-state index in [1.165, 1.54) is 0 Å². The van der Waals surface area contributed by atoms with Crippen LogP contribution in [0.2, 0.25) is 0 Å². The fourth-order valence-corrected chi connectivity index (χ4v) is 3.74. The van der Waals surface area contributed by atoms with E-state index in [0.717, 1.165) is 32.3 Å². The van der Waals surface area contributed by atoms with Gasteiger partial charge in [0.2, 0.25) is 12.3 Å². The first-order valence-corrected chi connectivity index (χ1v) is 13.1. The molecule has 216 valence electrons. The molecule has 0 radical (unpaired) electrons. The highest BCUT2D eigenvalue weighted by Gasteiger charge is 2.44. The Hall–Kier alpha value is -2.56. The highest BCUT2D eigenvalue weighted by atomic mass is 16.4. The number of fused-ring (bicyclic) bond motifs is 1. The maximum atomic E-state index is 11.9. The third kappa shape index (κ3) is 13.0. The first-order chi connectivity index (χ1) is 16.8. The van der Waals surface area contributed by atoms with Crippen molar-refractivity contribution in [1.29, 1.82) is 0 Å². The van der Waals surface area contributed by atoms with Crippen LogP contribution in [0, 0.1) is 5.41 Å². The summed E-state index contributed by atoms with van der Waals surface area (Å²) in [6, 6.07) is 0.713. The molecule has 2 aliphatic rings. The van der Waals surface area contributed by atoms with Crippen LogP contribution in [0.1, 0.15) is 82.1 Å². The lowest BCUT2D eigenvalue weighted by molar-refractivity contribution is -0.124. The summed E-state index contributed by atoms with van der Waals surface area (Å²) in [5, 5.41) is 19.2. The second kappa shape index (κ2) is 15.0. The van der Waals surface area contributed by atoms with E-state index in [0.29, 0.717) is 0 Å². The summed E-state index contributed by atoms with van der Waals surface area (Å²) in [6.45, 7) is 21.1. The van der Waals surface area contributed by atoms with E-state index >= 15 is 0 Å². The SMILES string of the molecule is CC(C)(C)NC(=O)O.CC(C)NC(=O)N1CC[C@@H]2[C@H]1CCN2C=O.CN[C@@H](C)C(=O)NC(C)C(C)(C)C. The topological polar surface area (TPSA) is 143 Å². The number of carboxylic acid groups (broad SMARTS) is 1. The van der Waals surface area contributed by atoms with Crippen molar-refractivity contribution >= 4 is 24.4 Å². The maximum Gasteiger partial charge on any atom is 0.405 e. The lowest BCUT2D eigenvalue weighted by Crippen LogP contribution is -2.48. The lowest BCUT2D eigenvalue weighted by atomic mass is 9.88. The van der Waals surface area contributed by atoms with Crippen molar-refractivity contribution < 1.29 is 24.3 Å². The van der Waals surface area contributed by atoms with Gasteiger partial charge in [-0.05, 0) is 73.8 Å². The van der Waals surface area contributed by atoms with Crippen LogP contribution >= 0.6 is 0 Å². The number of likely N-dealkylation sites (N-methyl/N-ethyl adjacent to an activating group) is 1. The number of amides is 5. The molecule has 1 unspecified atom stereocenters. The summed E-state index contributed by atoms with van der Waals surface area (Å²) in [6.07, 6.45) is 1.76. The van der Waals surface area contributed by atoms with Gasteiger partial charge in [-0.3, -0.25) is 9.59 Å². The summed E-state index contributed by atoms with van der Waals surface area (Å²) in [7, 11) is 1.78. The minimum atomic E-state index is -0.975. The molecule has 2 heterocycles. The molecule has 2 fully saturated rings. The zero-order chi connectivity index (χ0) is 29.1. The van der Waals surface area contributed by atoms with Crippen molar-refractivity contribution in [1.82, 2.24) is 31.1 Å². The smallest absolute Gasteiger partial charge is 0.405 e. The van der Waals surface area contributed by atoms with Gasteiger partial charge in [-0.1, -0.05) is 20.8 Å². The molecule has 5 N–H and O–H groups in total. The first-order valence-electron chi connectivity index (χ1n) is 13.1. The van der Waals surface area contributed by atoms with E-state index in [9.17, 15) is 19.2 Å². The summed E-state index contributed by atoms with van der Waals surface area (Å²) in [5.41, 5.74) is -0.213. The van der Waals surface area contributed by atoms with Gasteiger partial charge in [-0.2, -0.15) is 0 Å². The Morgan fingerprint density at radius 1 is 0.919 bits per heavy atom. The average molecular weight is 529 g/mol. The fourth-order valence-electron chi connectivity index (χ4n) is 3.74. The van der Waals surface area contributed by atoms with E-state index < -0.39 is 6.09 Å². The molecule has 11 nitrogen and oxygen atoms in total. The Morgan fingerprint density at radius 3 is 1.84 bits per heavy atom. The number of likely N-dealkylation sites (tertiary alicyclic amines) is 2. The number of nitrogens with zero attached hydrogens (tertiary/aromatic N) is 2. The number of nitrogens with one attached hydrogen (secondary N) is 4. The zero-order valence-electron chi connectivity index (χ0n) is 24.8. The third-order valence-electron chi connectivity index (χ3n) is 6.39. The molecule has 4 atom stereocenters. The predicted molar refractivity (Wildman–Crippen MR) is 146 cm³/mol. The molecule has 37 heavy (non-hydrogen) atoms. The molecular weight excluding hydrogens is 476 g/mol. The van der Waals surface area contributed by atoms with Gasteiger partial charge < -0.3 is 36.2 Å². The molecule has 2 rings (SSSR count). The van der Waals surface area contributed by atoms with Crippen LogP contribution in [0.5, 0.6) is 0 Å². The standard InChI is InChI=1S/C11H19N3O2.C10H22N2O.C5H11NO2/c1-8(2)12-11(16)14-6-4-9-10(14)3-5-13(9)7-15;1-7(11-6)9(13)12-8(2)10(3,4)5;1-5(2,3)6-4(7)8/h7-10H,3-6H2,1-2H3,(H,12,16);7-8,11H,1-6H3,(H,12,13);6H,1-3H3,(H,7,8)/t9-,10-;7-,8?;/m10./s1. The Balaban J connectivity index is 0.000000558. The maximum absolute atomic E-state index is 11.9. The second-order valence-corrected chi connectivity index (χ2v) is 12.1. The minimum absolute atomic E-state index is 0.00949. The lowest BCUT2D eigenvalue weighted by Gasteiger charge is -2.29. The van der Waals surface area contributed by atoms with Crippen molar-refractivity contribution in [2.45, 2.75) is 118 Å². The predicted octanol–water partition coefficient (Wildman–Crippen LogP) is 2.61. The van der Waals surface area contributed by atoms with E-state index in [4.69, 9.17) is 5.11 Å². The molecule has 0 bridgehead atoms. The monoisotopic (exact) mass is 528 g/mol. The highest BCUT2D eigenvalue weighted by molar-refractivity contribution is 5.81. The fraction of sp³-hybridized carbons (Fsp3) is 0.846. The number of carbonyl (C=O) groups is 4. The van der Waals surface area contributed by atoms with Gasteiger partial charge >= 0.3 is 12.1 Å². The van der Waals surface area contributed by atoms with E-state index in [2.05, 4.69) is 42.0 Å². The van der Waals surface area contributed by atoms with Crippen LogP contribution in [-0.2, 0) is 9.59 Å². The molecule has 0 aromatic rings. The van der Waals surface area contributed by atoms with Crippen molar-refractivity contribution in [3.05, 3.63) is 0 Å². The number of urea groups is 1. The van der Waals surface area contributed by atoms with Gasteiger partial charge in [0.1, 0.15) is 0 Å². The first kappa shape index (κ1) is 34.4. The molecule has 0 aromatic carbocycles. The summed E-state index contributed by atoms with van der Waals surface area (Å²) in [4.78, 5) is 47.8. The normalized spacial score (nSPS) is 20.4. The molecule has 0 spiro atoms.